The second kappa shape index (κ2) is 5.27. The molecular weight excluding hydrogens is 300 g/mol. The van der Waals surface area contributed by atoms with Gasteiger partial charge in [-0.3, -0.25) is 4.90 Å². The number of halogens is 2. The summed E-state index contributed by atoms with van der Waals surface area (Å²) in [5, 5.41) is 0.769. The van der Waals surface area contributed by atoms with Crippen LogP contribution in [0.3, 0.4) is 0 Å². The van der Waals surface area contributed by atoms with E-state index in [1.54, 1.807) is 0 Å². The molecule has 0 radical (unpaired) electrons. The SMILES string of the molecule is CC(C)N1CCC(N)C1c1cc(Cl)ccc1Br. The molecule has 2 nitrogen and oxygen atoms in total. The van der Waals surface area contributed by atoms with Crippen LogP contribution in [0.25, 0.3) is 0 Å². The van der Waals surface area contributed by atoms with E-state index >= 15 is 0 Å². The lowest BCUT2D eigenvalue weighted by Gasteiger charge is -2.31. The Morgan fingerprint density at radius 3 is 2.82 bits per heavy atom. The fraction of sp³-hybridized carbons (Fsp3) is 0.538. The molecule has 1 aromatic rings. The average Bonchev–Trinajstić information content (AvgIpc) is 2.64. The van der Waals surface area contributed by atoms with Crippen molar-refractivity contribution in [3.8, 4) is 0 Å². The minimum atomic E-state index is 0.187. The van der Waals surface area contributed by atoms with Crippen molar-refractivity contribution in [2.24, 2.45) is 5.73 Å². The van der Waals surface area contributed by atoms with E-state index < -0.39 is 0 Å². The Hall–Kier alpha value is -0.0900. The molecule has 2 N–H and O–H groups in total. The van der Waals surface area contributed by atoms with E-state index in [9.17, 15) is 0 Å². The summed E-state index contributed by atoms with van der Waals surface area (Å²) in [6.45, 7) is 5.48. The van der Waals surface area contributed by atoms with Crippen LogP contribution in [0.4, 0.5) is 0 Å². The standard InChI is InChI=1S/C13H18BrClN2/c1-8(2)17-6-5-12(16)13(17)10-7-9(15)3-4-11(10)14/h3-4,7-8,12-13H,5-6,16H2,1-2H3. The first-order valence-corrected chi connectivity index (χ1v) is 7.14. The molecule has 2 unspecified atom stereocenters. The summed E-state index contributed by atoms with van der Waals surface area (Å²) < 4.78 is 1.09. The summed E-state index contributed by atoms with van der Waals surface area (Å²) in [4.78, 5) is 2.45. The van der Waals surface area contributed by atoms with Gasteiger partial charge < -0.3 is 5.73 Å². The molecule has 1 aromatic carbocycles. The smallest absolute Gasteiger partial charge is 0.0514 e. The maximum atomic E-state index is 6.25. The van der Waals surface area contributed by atoms with Gasteiger partial charge in [-0.25, -0.2) is 0 Å². The Labute approximate surface area is 116 Å². The molecule has 0 amide bonds. The van der Waals surface area contributed by atoms with Crippen molar-refractivity contribution < 1.29 is 0 Å². The third kappa shape index (κ3) is 2.68. The van der Waals surface area contributed by atoms with E-state index in [1.807, 2.05) is 18.2 Å². The zero-order valence-electron chi connectivity index (χ0n) is 10.2. The quantitative estimate of drug-likeness (QED) is 0.903. The fourth-order valence-electron chi connectivity index (χ4n) is 2.57. The minimum Gasteiger partial charge on any atom is -0.326 e. The summed E-state index contributed by atoms with van der Waals surface area (Å²) in [7, 11) is 0. The average molecular weight is 318 g/mol. The van der Waals surface area contributed by atoms with Gasteiger partial charge in [0.25, 0.3) is 0 Å². The van der Waals surface area contributed by atoms with Crippen LogP contribution in [0.1, 0.15) is 31.9 Å². The summed E-state index contributed by atoms with van der Waals surface area (Å²) in [6.07, 6.45) is 1.04. The largest absolute Gasteiger partial charge is 0.326 e. The van der Waals surface area contributed by atoms with Crippen LogP contribution in [-0.2, 0) is 0 Å². The number of rotatable bonds is 2. The molecule has 1 aliphatic heterocycles. The van der Waals surface area contributed by atoms with E-state index in [4.69, 9.17) is 17.3 Å². The van der Waals surface area contributed by atoms with E-state index in [0.29, 0.717) is 6.04 Å². The van der Waals surface area contributed by atoms with Crippen LogP contribution < -0.4 is 5.73 Å². The first-order valence-electron chi connectivity index (χ1n) is 5.97. The van der Waals surface area contributed by atoms with Crippen LogP contribution in [-0.4, -0.2) is 23.5 Å². The van der Waals surface area contributed by atoms with E-state index in [0.717, 1.165) is 22.5 Å². The van der Waals surface area contributed by atoms with E-state index in [2.05, 4.69) is 34.7 Å². The summed E-state index contributed by atoms with van der Waals surface area (Å²) >= 11 is 9.69. The van der Waals surface area contributed by atoms with E-state index in [1.165, 1.54) is 5.56 Å². The summed E-state index contributed by atoms with van der Waals surface area (Å²) in [6, 6.07) is 6.88. The zero-order chi connectivity index (χ0) is 12.6. The van der Waals surface area contributed by atoms with Crippen molar-refractivity contribution in [2.45, 2.75) is 38.4 Å². The van der Waals surface area contributed by atoms with Gasteiger partial charge in [-0.15, -0.1) is 0 Å². The highest BCUT2D eigenvalue weighted by atomic mass is 79.9. The number of hydrogen-bond acceptors (Lipinski definition) is 2. The van der Waals surface area contributed by atoms with Crippen LogP contribution in [0.5, 0.6) is 0 Å². The normalized spacial score (nSPS) is 25.8. The molecular formula is C13H18BrClN2. The van der Waals surface area contributed by atoms with Gasteiger partial charge in [-0.05, 0) is 44.0 Å². The highest BCUT2D eigenvalue weighted by Crippen LogP contribution is 2.37. The highest BCUT2D eigenvalue weighted by molar-refractivity contribution is 9.10. The van der Waals surface area contributed by atoms with Crippen LogP contribution >= 0.6 is 27.5 Å². The summed E-state index contributed by atoms with van der Waals surface area (Å²) in [5.41, 5.74) is 7.46. The zero-order valence-corrected chi connectivity index (χ0v) is 12.5. The molecule has 1 aliphatic rings. The number of hydrogen-bond donors (Lipinski definition) is 1. The van der Waals surface area contributed by atoms with Crippen molar-refractivity contribution in [1.82, 2.24) is 4.90 Å². The molecule has 17 heavy (non-hydrogen) atoms. The van der Waals surface area contributed by atoms with Crippen molar-refractivity contribution in [3.05, 3.63) is 33.3 Å². The lowest BCUT2D eigenvalue weighted by Crippen LogP contribution is -2.36. The molecule has 0 saturated carbocycles. The maximum Gasteiger partial charge on any atom is 0.0514 e. The number of likely N-dealkylation sites (tertiary alicyclic amines) is 1. The van der Waals surface area contributed by atoms with Gasteiger partial charge in [0, 0.05) is 28.1 Å². The predicted octanol–water partition coefficient (Wildman–Crippen LogP) is 3.59. The van der Waals surface area contributed by atoms with Gasteiger partial charge in [0.1, 0.15) is 0 Å². The molecule has 94 valence electrons. The Kier molecular flexibility index (Phi) is 4.14. The van der Waals surface area contributed by atoms with Gasteiger partial charge in [0.2, 0.25) is 0 Å². The van der Waals surface area contributed by atoms with Crippen LogP contribution in [0, 0.1) is 0 Å². The molecule has 0 spiro atoms. The fourth-order valence-corrected chi connectivity index (χ4v) is 3.23. The lowest BCUT2D eigenvalue weighted by molar-refractivity contribution is 0.197. The first kappa shape index (κ1) is 13.3. The Balaban J connectivity index is 2.39. The molecule has 2 atom stereocenters. The number of benzene rings is 1. The molecule has 0 aliphatic carbocycles. The van der Waals surface area contributed by atoms with Gasteiger partial charge in [0.15, 0.2) is 0 Å². The van der Waals surface area contributed by atoms with Crippen LogP contribution in [0.2, 0.25) is 5.02 Å². The Morgan fingerprint density at radius 1 is 1.47 bits per heavy atom. The highest BCUT2D eigenvalue weighted by Gasteiger charge is 2.35. The van der Waals surface area contributed by atoms with Crippen molar-refractivity contribution in [1.29, 1.82) is 0 Å². The molecule has 1 heterocycles. The van der Waals surface area contributed by atoms with Gasteiger partial charge in [-0.2, -0.15) is 0 Å². The summed E-state index contributed by atoms with van der Waals surface area (Å²) in [5.74, 6) is 0. The molecule has 0 aromatic heterocycles. The third-order valence-electron chi connectivity index (χ3n) is 3.42. The van der Waals surface area contributed by atoms with Gasteiger partial charge >= 0.3 is 0 Å². The molecule has 4 heteroatoms. The molecule has 0 bridgehead atoms. The van der Waals surface area contributed by atoms with E-state index in [-0.39, 0.29) is 12.1 Å². The monoisotopic (exact) mass is 316 g/mol. The topological polar surface area (TPSA) is 29.3 Å². The predicted molar refractivity (Wildman–Crippen MR) is 76.3 cm³/mol. The van der Waals surface area contributed by atoms with Crippen molar-refractivity contribution >= 4 is 27.5 Å². The Morgan fingerprint density at radius 2 is 2.18 bits per heavy atom. The second-order valence-corrected chi connectivity index (χ2v) is 6.19. The second-order valence-electron chi connectivity index (χ2n) is 4.89. The lowest BCUT2D eigenvalue weighted by atomic mass is 10.00. The number of nitrogens with zero attached hydrogens (tertiary/aromatic N) is 1. The Bertz CT molecular complexity index is 408. The molecule has 2 rings (SSSR count). The van der Waals surface area contributed by atoms with Gasteiger partial charge in [0.05, 0.1) is 6.04 Å². The third-order valence-corrected chi connectivity index (χ3v) is 4.38. The maximum absolute atomic E-state index is 6.25. The minimum absolute atomic E-state index is 0.187. The molecule has 1 saturated heterocycles. The van der Waals surface area contributed by atoms with Gasteiger partial charge in [-0.1, -0.05) is 27.5 Å². The van der Waals surface area contributed by atoms with Crippen LogP contribution in [0.15, 0.2) is 22.7 Å². The van der Waals surface area contributed by atoms with Crippen molar-refractivity contribution in [3.63, 3.8) is 0 Å². The molecule has 1 fully saturated rings. The first-order chi connectivity index (χ1) is 8.00. The van der Waals surface area contributed by atoms with Crippen molar-refractivity contribution in [2.75, 3.05) is 6.54 Å². The number of nitrogens with two attached hydrogens (primary N) is 1.